The van der Waals surface area contributed by atoms with Gasteiger partial charge in [-0.25, -0.2) is 17.9 Å². The van der Waals surface area contributed by atoms with Crippen LogP contribution in [0.4, 0.5) is 0 Å². The molecule has 0 spiro atoms. The van der Waals surface area contributed by atoms with Crippen LogP contribution in [0, 0.1) is 6.92 Å². The highest BCUT2D eigenvalue weighted by Crippen LogP contribution is 2.23. The number of fused-ring (bicyclic) bond motifs is 1. The molecule has 1 saturated heterocycles. The summed E-state index contributed by atoms with van der Waals surface area (Å²) in [5.74, 6) is 0. The van der Waals surface area contributed by atoms with Gasteiger partial charge in [0.15, 0.2) is 5.65 Å². The maximum absolute atomic E-state index is 12.8. The molecule has 0 aromatic carbocycles. The van der Waals surface area contributed by atoms with Crippen molar-refractivity contribution in [2.45, 2.75) is 30.7 Å². The molecule has 1 unspecified atom stereocenters. The predicted molar refractivity (Wildman–Crippen MR) is 83.6 cm³/mol. The van der Waals surface area contributed by atoms with Crippen LogP contribution in [0.15, 0.2) is 17.3 Å². The van der Waals surface area contributed by atoms with E-state index in [0.29, 0.717) is 29.5 Å². The summed E-state index contributed by atoms with van der Waals surface area (Å²) in [6, 6.07) is 0.182. The molecule has 22 heavy (non-hydrogen) atoms. The average molecular weight is 344 g/mol. The van der Waals surface area contributed by atoms with Gasteiger partial charge in [-0.05, 0) is 26.8 Å². The van der Waals surface area contributed by atoms with Crippen LogP contribution < -0.4 is 5.32 Å². The number of likely N-dealkylation sites (N-methyl/N-ethyl adjacent to an activating group) is 1. The normalized spacial score (nSPS) is 20.6. The molecule has 1 fully saturated rings. The zero-order valence-corrected chi connectivity index (χ0v) is 14.0. The largest absolute Gasteiger partial charge is 0.316 e. The van der Waals surface area contributed by atoms with Crippen LogP contribution in [0.5, 0.6) is 0 Å². The lowest BCUT2D eigenvalue weighted by Crippen LogP contribution is -2.46. The van der Waals surface area contributed by atoms with Crippen molar-refractivity contribution >= 4 is 27.3 Å². The van der Waals surface area contributed by atoms with Gasteiger partial charge in [0.05, 0.1) is 18.1 Å². The number of hydrogen-bond donors (Lipinski definition) is 1. The minimum atomic E-state index is -3.57. The van der Waals surface area contributed by atoms with Crippen LogP contribution >= 0.6 is 11.6 Å². The summed E-state index contributed by atoms with van der Waals surface area (Å²) in [5.41, 5.74) is 1.08. The van der Waals surface area contributed by atoms with Crippen molar-refractivity contribution < 1.29 is 8.42 Å². The van der Waals surface area contributed by atoms with Gasteiger partial charge in [0, 0.05) is 19.1 Å². The lowest BCUT2D eigenvalue weighted by Gasteiger charge is -2.31. The van der Waals surface area contributed by atoms with E-state index in [1.807, 2.05) is 7.05 Å². The fourth-order valence-corrected chi connectivity index (χ4v) is 4.31. The van der Waals surface area contributed by atoms with E-state index in [4.69, 9.17) is 11.6 Å². The highest BCUT2D eigenvalue weighted by Gasteiger charge is 2.30. The number of nitrogens with one attached hydrogen (secondary N) is 1. The van der Waals surface area contributed by atoms with Crippen LogP contribution in [-0.2, 0) is 10.0 Å². The minimum Gasteiger partial charge on any atom is -0.316 e. The van der Waals surface area contributed by atoms with Crippen LogP contribution in [0.1, 0.15) is 18.5 Å². The van der Waals surface area contributed by atoms with Crippen molar-refractivity contribution in [3.05, 3.63) is 23.1 Å². The fourth-order valence-electron chi connectivity index (χ4n) is 2.68. The number of hydrogen-bond acceptors (Lipinski definition) is 5. The quantitative estimate of drug-likeness (QED) is 0.901. The summed E-state index contributed by atoms with van der Waals surface area (Å²) in [7, 11) is -1.72. The number of rotatable bonds is 3. The van der Waals surface area contributed by atoms with Crippen LogP contribution in [0.3, 0.4) is 0 Å². The lowest BCUT2D eigenvalue weighted by molar-refractivity contribution is 0.292. The fraction of sp³-hybridized carbons (Fsp3) is 0.538. The molecule has 3 heterocycles. The van der Waals surface area contributed by atoms with Gasteiger partial charge in [0.1, 0.15) is 9.92 Å². The van der Waals surface area contributed by atoms with E-state index >= 15 is 0 Å². The van der Waals surface area contributed by atoms with E-state index in [0.717, 1.165) is 12.8 Å². The zero-order valence-electron chi connectivity index (χ0n) is 12.5. The highest BCUT2D eigenvalue weighted by atomic mass is 35.5. The van der Waals surface area contributed by atoms with E-state index in [1.54, 1.807) is 6.92 Å². The maximum Gasteiger partial charge on any atom is 0.246 e. The van der Waals surface area contributed by atoms with Crippen LogP contribution in [-0.4, -0.2) is 53.5 Å². The van der Waals surface area contributed by atoms with Crippen LogP contribution in [0.25, 0.3) is 5.65 Å². The molecule has 0 radical (unpaired) electrons. The van der Waals surface area contributed by atoms with Gasteiger partial charge in [0.2, 0.25) is 10.0 Å². The molecule has 1 aliphatic rings. The number of nitrogens with zero attached hydrogens (tertiary/aromatic N) is 4. The second-order valence-corrected chi connectivity index (χ2v) is 7.76. The molecule has 3 rings (SSSR count). The summed E-state index contributed by atoms with van der Waals surface area (Å²) in [6.45, 7) is 2.75. The Labute approximate surface area is 134 Å². The first-order valence-corrected chi connectivity index (χ1v) is 8.93. The first-order chi connectivity index (χ1) is 10.4. The lowest BCUT2D eigenvalue weighted by atomic mass is 10.1. The first kappa shape index (κ1) is 15.7. The SMILES string of the molecule is CNC1CCCN(S(=O)(=O)c2cnc3c(Cl)c(C)nn3c2)C1. The highest BCUT2D eigenvalue weighted by molar-refractivity contribution is 7.89. The van der Waals surface area contributed by atoms with E-state index < -0.39 is 10.0 Å². The Morgan fingerprint density at radius 2 is 2.23 bits per heavy atom. The van der Waals surface area contributed by atoms with Crippen molar-refractivity contribution in [2.24, 2.45) is 0 Å². The molecule has 0 amide bonds. The Kier molecular flexibility index (Phi) is 4.11. The van der Waals surface area contributed by atoms with E-state index in [2.05, 4.69) is 15.4 Å². The summed E-state index contributed by atoms with van der Waals surface area (Å²) < 4.78 is 28.5. The molecule has 0 bridgehead atoms. The number of aryl methyl sites for hydroxylation is 1. The number of sulfonamides is 1. The van der Waals surface area contributed by atoms with Crippen LogP contribution in [0.2, 0.25) is 5.02 Å². The Morgan fingerprint density at radius 1 is 1.45 bits per heavy atom. The standard InChI is InChI=1S/C13H18ClN5O2S/c1-9-12(14)13-16-6-11(8-19(13)17-9)22(20,21)18-5-3-4-10(7-18)15-2/h6,8,10,15H,3-5,7H2,1-2H3. The Balaban J connectivity index is 1.98. The summed E-state index contributed by atoms with van der Waals surface area (Å²) in [6.07, 6.45) is 4.64. The second kappa shape index (κ2) is 5.77. The van der Waals surface area contributed by atoms with Crippen molar-refractivity contribution in [1.29, 1.82) is 0 Å². The third-order valence-electron chi connectivity index (χ3n) is 3.98. The molecular weight excluding hydrogens is 326 g/mol. The Hall–Kier alpha value is -1.22. The number of piperidine rings is 1. The molecule has 0 aliphatic carbocycles. The van der Waals surface area contributed by atoms with E-state index in [9.17, 15) is 8.42 Å². The van der Waals surface area contributed by atoms with E-state index in [1.165, 1.54) is 21.2 Å². The molecule has 1 N–H and O–H groups in total. The molecule has 2 aromatic rings. The maximum atomic E-state index is 12.8. The first-order valence-electron chi connectivity index (χ1n) is 7.11. The topological polar surface area (TPSA) is 79.6 Å². The number of aromatic nitrogens is 3. The van der Waals surface area contributed by atoms with Crippen molar-refractivity contribution in [1.82, 2.24) is 24.2 Å². The third-order valence-corrected chi connectivity index (χ3v) is 6.24. The molecule has 1 atom stereocenters. The Morgan fingerprint density at radius 3 is 2.95 bits per heavy atom. The molecule has 1 aliphatic heterocycles. The Bertz CT molecular complexity index is 804. The van der Waals surface area contributed by atoms with Gasteiger partial charge in [-0.3, -0.25) is 0 Å². The van der Waals surface area contributed by atoms with Gasteiger partial charge in [0.25, 0.3) is 0 Å². The van der Waals surface area contributed by atoms with E-state index in [-0.39, 0.29) is 10.9 Å². The van der Waals surface area contributed by atoms with Gasteiger partial charge in [-0.1, -0.05) is 11.6 Å². The van der Waals surface area contributed by atoms with Gasteiger partial charge in [-0.15, -0.1) is 0 Å². The summed E-state index contributed by atoms with van der Waals surface area (Å²) in [4.78, 5) is 4.28. The summed E-state index contributed by atoms with van der Waals surface area (Å²) >= 11 is 6.08. The monoisotopic (exact) mass is 343 g/mol. The average Bonchev–Trinajstić information content (AvgIpc) is 2.81. The third kappa shape index (κ3) is 2.60. The smallest absolute Gasteiger partial charge is 0.246 e. The van der Waals surface area contributed by atoms with Gasteiger partial charge < -0.3 is 5.32 Å². The minimum absolute atomic E-state index is 0.135. The second-order valence-electron chi connectivity index (χ2n) is 5.45. The molecule has 7 nitrogen and oxygen atoms in total. The number of halogens is 1. The van der Waals surface area contributed by atoms with Crippen molar-refractivity contribution in [3.63, 3.8) is 0 Å². The van der Waals surface area contributed by atoms with Gasteiger partial charge >= 0.3 is 0 Å². The molecule has 120 valence electrons. The van der Waals surface area contributed by atoms with Crippen molar-refractivity contribution in [3.8, 4) is 0 Å². The molecule has 0 saturated carbocycles. The molecule has 2 aromatic heterocycles. The molecule has 9 heteroatoms. The molecular formula is C13H18ClN5O2S. The summed E-state index contributed by atoms with van der Waals surface area (Å²) in [5, 5.41) is 7.77. The van der Waals surface area contributed by atoms with Gasteiger partial charge in [-0.2, -0.15) is 9.40 Å². The van der Waals surface area contributed by atoms with Crippen molar-refractivity contribution in [2.75, 3.05) is 20.1 Å². The predicted octanol–water partition coefficient (Wildman–Crippen LogP) is 1.06. The zero-order chi connectivity index (χ0) is 15.9.